The molecule has 102 valence electrons. The summed E-state index contributed by atoms with van der Waals surface area (Å²) in [5.74, 6) is 0.314. The first-order chi connectivity index (χ1) is 8.36. The molecule has 1 aromatic carbocycles. The lowest BCUT2D eigenvalue weighted by Gasteiger charge is -2.27. The highest BCUT2D eigenvalue weighted by Crippen LogP contribution is 2.29. The number of benzene rings is 1. The van der Waals surface area contributed by atoms with Gasteiger partial charge in [0.2, 0.25) is 0 Å². The molecular weight excluding hydrogens is 229 g/mol. The molecule has 2 atom stereocenters. The van der Waals surface area contributed by atoms with E-state index >= 15 is 0 Å². The van der Waals surface area contributed by atoms with E-state index in [2.05, 4.69) is 18.7 Å². The topological polar surface area (TPSA) is 23.5 Å². The van der Waals surface area contributed by atoms with Gasteiger partial charge in [0.15, 0.2) is 0 Å². The van der Waals surface area contributed by atoms with Crippen molar-refractivity contribution in [3.63, 3.8) is 0 Å². The lowest BCUT2D eigenvalue weighted by atomic mass is 10.0. The normalized spacial score (nSPS) is 14.4. The number of anilines is 1. The van der Waals surface area contributed by atoms with Crippen LogP contribution in [0.1, 0.15) is 44.4 Å². The fraction of sp³-hybridized carbons (Fsp3) is 0.600. The molecule has 2 nitrogen and oxygen atoms in total. The van der Waals surface area contributed by atoms with Crippen LogP contribution in [-0.4, -0.2) is 18.7 Å². The molecular formula is C15H24FNO. The summed E-state index contributed by atoms with van der Waals surface area (Å²) in [6.07, 6.45) is 0.448. The van der Waals surface area contributed by atoms with Gasteiger partial charge in [0.25, 0.3) is 0 Å². The summed E-state index contributed by atoms with van der Waals surface area (Å²) < 4.78 is 13.6. The molecule has 0 fully saturated rings. The second kappa shape index (κ2) is 6.19. The number of aryl methyl sites for hydroxylation is 1. The van der Waals surface area contributed by atoms with Gasteiger partial charge in [0, 0.05) is 24.8 Å². The van der Waals surface area contributed by atoms with Crippen LogP contribution in [-0.2, 0) is 0 Å². The lowest BCUT2D eigenvalue weighted by molar-refractivity contribution is 0.199. The zero-order valence-electron chi connectivity index (χ0n) is 12.0. The predicted molar refractivity (Wildman–Crippen MR) is 74.5 cm³/mol. The number of nitrogens with zero attached hydrogens (tertiary/aromatic N) is 1. The van der Waals surface area contributed by atoms with E-state index in [0.717, 1.165) is 18.7 Å². The van der Waals surface area contributed by atoms with Crippen LogP contribution in [0, 0.1) is 18.7 Å². The Bertz CT molecular complexity index is 404. The molecule has 0 aliphatic carbocycles. The van der Waals surface area contributed by atoms with Crippen molar-refractivity contribution < 1.29 is 9.50 Å². The Kier molecular flexibility index (Phi) is 5.15. The van der Waals surface area contributed by atoms with E-state index in [1.807, 2.05) is 13.1 Å². The van der Waals surface area contributed by atoms with Gasteiger partial charge in [-0.15, -0.1) is 0 Å². The van der Waals surface area contributed by atoms with Crippen LogP contribution in [0.25, 0.3) is 0 Å². The maximum atomic E-state index is 13.6. The molecule has 0 aromatic heterocycles. The standard InChI is InChI=1S/C15H24FNO/c1-6-10(2)9-17(5)15-7-11(3)14(16)8-13(15)12(4)18/h7-8,10,12,18H,6,9H2,1-5H3. The Balaban J connectivity index is 3.09. The van der Waals surface area contributed by atoms with E-state index in [1.165, 1.54) is 6.07 Å². The Hall–Kier alpha value is -1.09. The van der Waals surface area contributed by atoms with E-state index in [-0.39, 0.29) is 5.82 Å². The minimum Gasteiger partial charge on any atom is -0.389 e. The molecule has 0 aliphatic heterocycles. The molecule has 2 unspecified atom stereocenters. The monoisotopic (exact) mass is 253 g/mol. The maximum Gasteiger partial charge on any atom is 0.126 e. The molecule has 0 bridgehead atoms. The summed E-state index contributed by atoms with van der Waals surface area (Å²) in [6.45, 7) is 8.67. The minimum absolute atomic E-state index is 0.258. The molecule has 0 saturated carbocycles. The average molecular weight is 253 g/mol. The number of halogens is 1. The van der Waals surface area contributed by atoms with E-state index in [0.29, 0.717) is 17.0 Å². The molecule has 0 radical (unpaired) electrons. The SMILES string of the molecule is CCC(C)CN(C)c1cc(C)c(F)cc1C(C)O. The molecule has 0 saturated heterocycles. The average Bonchev–Trinajstić information content (AvgIpc) is 2.31. The molecule has 3 heteroatoms. The molecule has 0 spiro atoms. The Morgan fingerprint density at radius 2 is 1.94 bits per heavy atom. The van der Waals surface area contributed by atoms with Crippen molar-refractivity contribution in [1.82, 2.24) is 0 Å². The lowest BCUT2D eigenvalue weighted by Crippen LogP contribution is -2.25. The second-order valence-corrected chi connectivity index (χ2v) is 5.23. The van der Waals surface area contributed by atoms with Crippen LogP contribution < -0.4 is 4.90 Å². The number of aliphatic hydroxyl groups excluding tert-OH is 1. The Morgan fingerprint density at radius 3 is 2.44 bits per heavy atom. The number of hydrogen-bond donors (Lipinski definition) is 1. The third kappa shape index (κ3) is 3.45. The van der Waals surface area contributed by atoms with Crippen LogP contribution in [0.3, 0.4) is 0 Å². The van der Waals surface area contributed by atoms with Gasteiger partial charge in [-0.05, 0) is 37.5 Å². The predicted octanol–water partition coefficient (Wildman–Crippen LogP) is 3.67. The van der Waals surface area contributed by atoms with E-state index in [9.17, 15) is 9.50 Å². The van der Waals surface area contributed by atoms with Crippen molar-refractivity contribution >= 4 is 5.69 Å². The summed E-state index contributed by atoms with van der Waals surface area (Å²) in [5.41, 5.74) is 2.19. The highest BCUT2D eigenvalue weighted by molar-refractivity contribution is 5.56. The van der Waals surface area contributed by atoms with Crippen molar-refractivity contribution in [3.8, 4) is 0 Å². The summed E-state index contributed by atoms with van der Waals surface area (Å²) in [7, 11) is 1.99. The Labute approximate surface area is 109 Å². The van der Waals surface area contributed by atoms with Crippen molar-refractivity contribution in [2.75, 3.05) is 18.5 Å². The summed E-state index contributed by atoms with van der Waals surface area (Å²) in [4.78, 5) is 2.10. The molecule has 0 heterocycles. The summed E-state index contributed by atoms with van der Waals surface area (Å²) in [6, 6.07) is 3.27. The zero-order chi connectivity index (χ0) is 13.9. The molecule has 0 aliphatic rings. The maximum absolute atomic E-state index is 13.6. The van der Waals surface area contributed by atoms with Gasteiger partial charge >= 0.3 is 0 Å². The van der Waals surface area contributed by atoms with Crippen molar-refractivity contribution in [2.45, 2.75) is 40.2 Å². The van der Waals surface area contributed by atoms with Crippen LogP contribution in [0.5, 0.6) is 0 Å². The van der Waals surface area contributed by atoms with Gasteiger partial charge in [-0.2, -0.15) is 0 Å². The van der Waals surface area contributed by atoms with E-state index in [1.54, 1.807) is 13.8 Å². The first-order valence-corrected chi connectivity index (χ1v) is 6.56. The first-order valence-electron chi connectivity index (χ1n) is 6.56. The van der Waals surface area contributed by atoms with Gasteiger partial charge in [-0.25, -0.2) is 4.39 Å². The smallest absolute Gasteiger partial charge is 0.126 e. The van der Waals surface area contributed by atoms with Crippen molar-refractivity contribution in [1.29, 1.82) is 0 Å². The molecule has 1 rings (SSSR count). The van der Waals surface area contributed by atoms with Gasteiger partial charge in [0.1, 0.15) is 5.82 Å². The Morgan fingerprint density at radius 1 is 1.33 bits per heavy atom. The fourth-order valence-electron chi connectivity index (χ4n) is 2.04. The van der Waals surface area contributed by atoms with Crippen molar-refractivity contribution in [2.24, 2.45) is 5.92 Å². The van der Waals surface area contributed by atoms with Gasteiger partial charge < -0.3 is 10.0 Å². The summed E-state index contributed by atoms with van der Waals surface area (Å²) >= 11 is 0. The van der Waals surface area contributed by atoms with E-state index < -0.39 is 6.10 Å². The van der Waals surface area contributed by atoms with Crippen LogP contribution in [0.2, 0.25) is 0 Å². The molecule has 1 N–H and O–H groups in total. The number of hydrogen-bond acceptors (Lipinski definition) is 2. The van der Waals surface area contributed by atoms with Gasteiger partial charge in [-0.1, -0.05) is 20.3 Å². The first kappa shape index (κ1) is 15.0. The minimum atomic E-state index is -0.658. The molecule has 0 amide bonds. The highest BCUT2D eigenvalue weighted by Gasteiger charge is 2.15. The largest absolute Gasteiger partial charge is 0.389 e. The van der Waals surface area contributed by atoms with Crippen LogP contribution in [0.15, 0.2) is 12.1 Å². The van der Waals surface area contributed by atoms with Gasteiger partial charge in [-0.3, -0.25) is 0 Å². The quantitative estimate of drug-likeness (QED) is 0.865. The zero-order valence-corrected chi connectivity index (χ0v) is 12.0. The number of aliphatic hydroxyl groups is 1. The molecule has 1 aromatic rings. The molecule has 18 heavy (non-hydrogen) atoms. The summed E-state index contributed by atoms with van der Waals surface area (Å²) in [5, 5.41) is 9.77. The third-order valence-electron chi connectivity index (χ3n) is 3.45. The third-order valence-corrected chi connectivity index (χ3v) is 3.45. The van der Waals surface area contributed by atoms with Crippen molar-refractivity contribution in [3.05, 3.63) is 29.1 Å². The van der Waals surface area contributed by atoms with Gasteiger partial charge in [0.05, 0.1) is 6.10 Å². The number of rotatable bonds is 5. The van der Waals surface area contributed by atoms with Crippen LogP contribution >= 0.6 is 0 Å². The fourth-order valence-corrected chi connectivity index (χ4v) is 2.04. The van der Waals surface area contributed by atoms with Crippen LogP contribution in [0.4, 0.5) is 10.1 Å². The highest BCUT2D eigenvalue weighted by atomic mass is 19.1. The van der Waals surface area contributed by atoms with E-state index in [4.69, 9.17) is 0 Å². The second-order valence-electron chi connectivity index (χ2n) is 5.23.